The molecule has 5 nitrogen and oxygen atoms in total. The van der Waals surface area contributed by atoms with E-state index in [4.69, 9.17) is 11.5 Å². The van der Waals surface area contributed by atoms with Crippen LogP contribution in [0.3, 0.4) is 0 Å². The molecule has 0 aliphatic carbocycles. The van der Waals surface area contributed by atoms with Crippen molar-refractivity contribution in [2.75, 3.05) is 13.1 Å². The zero-order valence-corrected chi connectivity index (χ0v) is 13.5. The number of allylic oxidation sites excluding steroid dienone is 6. The topological polar surface area (TPSA) is 84.7 Å². The maximum absolute atomic E-state index is 11.9. The number of guanidine groups is 1. The molecule has 0 aromatic carbocycles. The second kappa shape index (κ2) is 10.7. The Kier molecular flexibility index (Phi) is 8.72. The Morgan fingerprint density at radius 1 is 1.23 bits per heavy atom. The minimum Gasteiger partial charge on any atom is -0.370 e. The smallest absolute Gasteiger partial charge is 0.227 e. The van der Waals surface area contributed by atoms with E-state index in [-0.39, 0.29) is 11.9 Å². The Morgan fingerprint density at radius 2 is 2.05 bits per heavy atom. The summed E-state index contributed by atoms with van der Waals surface area (Å²) in [5, 5.41) is 0. The molecule has 0 atom stereocenters. The van der Waals surface area contributed by atoms with E-state index in [0.29, 0.717) is 13.0 Å². The van der Waals surface area contributed by atoms with Gasteiger partial charge in [0, 0.05) is 25.2 Å². The molecule has 4 N–H and O–H groups in total. The summed E-state index contributed by atoms with van der Waals surface area (Å²) < 4.78 is 0. The molecular formula is C17H28N4O. The van der Waals surface area contributed by atoms with Gasteiger partial charge in [-0.2, -0.15) is 0 Å². The molecular weight excluding hydrogens is 276 g/mol. The molecule has 22 heavy (non-hydrogen) atoms. The van der Waals surface area contributed by atoms with Crippen LogP contribution in [0.5, 0.6) is 0 Å². The number of carbonyl (C=O) groups is 1. The van der Waals surface area contributed by atoms with E-state index >= 15 is 0 Å². The normalized spacial score (nSPS) is 17.2. The molecule has 0 bridgehead atoms. The largest absolute Gasteiger partial charge is 0.370 e. The summed E-state index contributed by atoms with van der Waals surface area (Å²) in [6.45, 7) is 3.48. The maximum Gasteiger partial charge on any atom is 0.227 e. The number of aliphatic imine (C=N–C) groups is 1. The predicted octanol–water partition coefficient (Wildman–Crippen LogP) is 2.46. The van der Waals surface area contributed by atoms with Gasteiger partial charge in [0.1, 0.15) is 0 Å². The molecule has 1 amide bonds. The van der Waals surface area contributed by atoms with Gasteiger partial charge >= 0.3 is 0 Å². The molecule has 0 aromatic heterocycles. The van der Waals surface area contributed by atoms with Gasteiger partial charge in [-0.3, -0.25) is 9.79 Å². The zero-order valence-electron chi connectivity index (χ0n) is 13.5. The first-order valence-corrected chi connectivity index (χ1v) is 8.01. The van der Waals surface area contributed by atoms with Gasteiger partial charge < -0.3 is 16.4 Å². The summed E-state index contributed by atoms with van der Waals surface area (Å²) in [6, 6.07) is 0. The number of carbonyl (C=O) groups excluding carboxylic acids is 1. The fraction of sp³-hybridized carbons (Fsp3) is 0.529. The first kappa shape index (κ1) is 18.0. The molecule has 1 aliphatic rings. The summed E-state index contributed by atoms with van der Waals surface area (Å²) in [5.41, 5.74) is 11.7. The third-order valence-corrected chi connectivity index (χ3v) is 3.43. The van der Waals surface area contributed by atoms with Crippen molar-refractivity contribution in [3.05, 3.63) is 36.1 Å². The van der Waals surface area contributed by atoms with Crippen LogP contribution in [0.2, 0.25) is 0 Å². The van der Waals surface area contributed by atoms with Crippen LogP contribution < -0.4 is 11.5 Å². The summed E-state index contributed by atoms with van der Waals surface area (Å²) in [7, 11) is 0. The van der Waals surface area contributed by atoms with Gasteiger partial charge in [0.25, 0.3) is 0 Å². The Hall–Kier alpha value is -2.04. The van der Waals surface area contributed by atoms with Crippen molar-refractivity contribution in [1.82, 2.24) is 4.90 Å². The van der Waals surface area contributed by atoms with Gasteiger partial charge in [0.05, 0.1) is 0 Å². The number of likely N-dealkylation sites (tertiary alicyclic amines) is 1. The van der Waals surface area contributed by atoms with E-state index in [0.717, 1.165) is 44.3 Å². The summed E-state index contributed by atoms with van der Waals surface area (Å²) >= 11 is 0. The van der Waals surface area contributed by atoms with Gasteiger partial charge in [-0.15, -0.1) is 0 Å². The van der Waals surface area contributed by atoms with Crippen LogP contribution in [0, 0.1) is 0 Å². The molecule has 0 unspecified atom stereocenters. The predicted molar refractivity (Wildman–Crippen MR) is 92.1 cm³/mol. The molecule has 1 aliphatic heterocycles. The van der Waals surface area contributed by atoms with Crippen LogP contribution in [-0.4, -0.2) is 29.9 Å². The van der Waals surface area contributed by atoms with Crippen molar-refractivity contribution in [2.45, 2.75) is 45.4 Å². The van der Waals surface area contributed by atoms with Crippen molar-refractivity contribution in [2.24, 2.45) is 16.5 Å². The van der Waals surface area contributed by atoms with Crippen molar-refractivity contribution in [1.29, 1.82) is 0 Å². The molecule has 0 aromatic rings. The number of amides is 1. The average molecular weight is 304 g/mol. The van der Waals surface area contributed by atoms with Gasteiger partial charge in [0.15, 0.2) is 5.96 Å². The summed E-state index contributed by atoms with van der Waals surface area (Å²) in [6.07, 6.45) is 15.7. The lowest BCUT2D eigenvalue weighted by molar-refractivity contribution is -0.126. The van der Waals surface area contributed by atoms with Gasteiger partial charge in [-0.05, 0) is 38.2 Å². The quantitative estimate of drug-likeness (QED) is 0.297. The number of hydrogen-bond acceptors (Lipinski definition) is 2. The fourth-order valence-corrected chi connectivity index (χ4v) is 2.30. The van der Waals surface area contributed by atoms with Crippen molar-refractivity contribution in [3.8, 4) is 0 Å². The van der Waals surface area contributed by atoms with Crippen molar-refractivity contribution in [3.63, 3.8) is 0 Å². The molecule has 0 spiro atoms. The van der Waals surface area contributed by atoms with Crippen LogP contribution in [0.25, 0.3) is 0 Å². The van der Waals surface area contributed by atoms with Crippen LogP contribution in [0.1, 0.15) is 45.4 Å². The Bertz CT molecular complexity index is 459. The van der Waals surface area contributed by atoms with Crippen LogP contribution in [-0.2, 0) is 4.79 Å². The highest BCUT2D eigenvalue weighted by molar-refractivity contribution is 5.81. The third kappa shape index (κ3) is 7.11. The van der Waals surface area contributed by atoms with Crippen molar-refractivity contribution >= 4 is 11.9 Å². The first-order chi connectivity index (χ1) is 10.6. The SMILES string of the molecule is CC/C=C\C/C=C\C=C1/CCC(=O)N1CCCCN=C(N)N. The maximum atomic E-state index is 11.9. The van der Waals surface area contributed by atoms with Crippen LogP contribution in [0.4, 0.5) is 0 Å². The summed E-state index contributed by atoms with van der Waals surface area (Å²) in [4.78, 5) is 17.8. The summed E-state index contributed by atoms with van der Waals surface area (Å²) in [5.74, 6) is 0.340. The van der Waals surface area contributed by atoms with Crippen LogP contribution in [0.15, 0.2) is 41.1 Å². The average Bonchev–Trinajstić information content (AvgIpc) is 2.83. The monoisotopic (exact) mass is 304 g/mol. The van der Waals surface area contributed by atoms with E-state index in [9.17, 15) is 4.79 Å². The van der Waals surface area contributed by atoms with Crippen molar-refractivity contribution < 1.29 is 4.79 Å². The lowest BCUT2D eigenvalue weighted by Gasteiger charge is -2.17. The molecule has 0 radical (unpaired) electrons. The van der Waals surface area contributed by atoms with E-state index in [2.05, 4.69) is 36.2 Å². The Balaban J connectivity index is 2.40. The van der Waals surface area contributed by atoms with E-state index < -0.39 is 0 Å². The highest BCUT2D eigenvalue weighted by Crippen LogP contribution is 2.22. The Morgan fingerprint density at radius 3 is 2.77 bits per heavy atom. The lowest BCUT2D eigenvalue weighted by Crippen LogP contribution is -2.25. The van der Waals surface area contributed by atoms with E-state index in [1.54, 1.807) is 0 Å². The van der Waals surface area contributed by atoms with Crippen LogP contribution >= 0.6 is 0 Å². The van der Waals surface area contributed by atoms with Gasteiger partial charge in [-0.25, -0.2) is 0 Å². The number of nitrogens with two attached hydrogens (primary N) is 2. The molecule has 0 saturated carbocycles. The molecule has 1 fully saturated rings. The van der Waals surface area contributed by atoms with E-state index in [1.165, 1.54) is 0 Å². The minimum absolute atomic E-state index is 0.125. The fourth-order valence-electron chi connectivity index (χ4n) is 2.30. The molecule has 5 heteroatoms. The van der Waals surface area contributed by atoms with Gasteiger partial charge in [0.2, 0.25) is 5.91 Å². The Labute approximate surface area is 133 Å². The second-order valence-electron chi connectivity index (χ2n) is 5.26. The molecule has 122 valence electrons. The lowest BCUT2D eigenvalue weighted by atomic mass is 10.2. The molecule has 1 saturated heterocycles. The second-order valence-corrected chi connectivity index (χ2v) is 5.26. The highest BCUT2D eigenvalue weighted by Gasteiger charge is 2.24. The molecule has 1 heterocycles. The minimum atomic E-state index is 0.125. The standard InChI is InChI=1S/C17H28N4O/c1-2-3-4-5-6-7-10-15-11-12-16(22)21(15)14-9-8-13-20-17(18)19/h3-4,6-7,10H,2,5,8-9,11-14H2,1H3,(H4,18,19,20)/b4-3-,7-6-,15-10+. The zero-order chi connectivity index (χ0) is 16.2. The number of unbranched alkanes of at least 4 members (excludes halogenated alkanes) is 1. The van der Waals surface area contributed by atoms with E-state index in [1.807, 2.05) is 11.0 Å². The molecule has 1 rings (SSSR count). The number of rotatable bonds is 9. The number of nitrogens with zero attached hydrogens (tertiary/aromatic N) is 2. The van der Waals surface area contributed by atoms with Gasteiger partial charge in [-0.1, -0.05) is 31.2 Å². The first-order valence-electron chi connectivity index (χ1n) is 8.01. The third-order valence-electron chi connectivity index (χ3n) is 3.43. The number of hydrogen-bond donors (Lipinski definition) is 2. The highest BCUT2D eigenvalue weighted by atomic mass is 16.2.